The second kappa shape index (κ2) is 9.41. The number of aryl methyl sites for hydroxylation is 1. The van der Waals surface area contributed by atoms with Gasteiger partial charge in [0.1, 0.15) is 18.1 Å². The lowest BCUT2D eigenvalue weighted by molar-refractivity contribution is -0.0166. The Balaban J connectivity index is 1.57. The lowest BCUT2D eigenvalue weighted by atomic mass is 10.0. The molecule has 1 saturated heterocycles. The van der Waals surface area contributed by atoms with Gasteiger partial charge in [-0.2, -0.15) is 0 Å². The van der Waals surface area contributed by atoms with Crippen molar-refractivity contribution in [1.82, 2.24) is 9.88 Å². The van der Waals surface area contributed by atoms with Crippen LogP contribution >= 0.6 is 0 Å². The second-order valence-electron chi connectivity index (χ2n) is 7.98. The number of benzene rings is 2. The number of pyridine rings is 1. The first kappa shape index (κ1) is 20.6. The summed E-state index contributed by atoms with van der Waals surface area (Å²) in [5.41, 5.74) is 4.58. The lowest BCUT2D eigenvalue weighted by Crippen LogP contribution is -2.33. The Morgan fingerprint density at radius 3 is 2.47 bits per heavy atom. The summed E-state index contributed by atoms with van der Waals surface area (Å²) >= 11 is 0. The maximum atomic E-state index is 6.61. The molecule has 2 heterocycles. The van der Waals surface area contributed by atoms with Crippen molar-refractivity contribution in [2.45, 2.75) is 45.1 Å². The quantitative estimate of drug-likeness (QED) is 0.523. The fraction of sp³-hybridized carbons (Fsp3) is 0.346. The van der Waals surface area contributed by atoms with E-state index in [1.54, 1.807) is 7.11 Å². The average molecular weight is 403 g/mol. The van der Waals surface area contributed by atoms with Gasteiger partial charge >= 0.3 is 0 Å². The molecule has 3 unspecified atom stereocenters. The van der Waals surface area contributed by atoms with Crippen LogP contribution in [0.15, 0.2) is 72.9 Å². The van der Waals surface area contributed by atoms with Crippen LogP contribution < -0.4 is 4.74 Å². The van der Waals surface area contributed by atoms with Crippen LogP contribution in [0.25, 0.3) is 0 Å². The van der Waals surface area contributed by atoms with Crippen LogP contribution in [-0.4, -0.2) is 29.6 Å². The van der Waals surface area contributed by atoms with E-state index in [1.807, 2.05) is 18.3 Å². The van der Waals surface area contributed by atoms with Crippen molar-refractivity contribution >= 4 is 0 Å². The van der Waals surface area contributed by atoms with E-state index in [-0.39, 0.29) is 12.3 Å². The maximum Gasteiger partial charge on any atom is 0.138 e. The molecule has 0 amide bonds. The van der Waals surface area contributed by atoms with Gasteiger partial charge in [0, 0.05) is 24.3 Å². The SMILES string of the molecule is COc1ccnc(C2CN(C(C)CCc3ccccc3)C(c3ccccc3)O2)c1C. The molecule has 2 aromatic carbocycles. The van der Waals surface area contributed by atoms with Crippen LogP contribution in [0, 0.1) is 6.92 Å². The molecule has 0 spiro atoms. The summed E-state index contributed by atoms with van der Waals surface area (Å²) in [6, 6.07) is 23.5. The Morgan fingerprint density at radius 1 is 1.07 bits per heavy atom. The highest BCUT2D eigenvalue weighted by Gasteiger charge is 2.38. The highest BCUT2D eigenvalue weighted by atomic mass is 16.5. The number of rotatable bonds is 7. The molecule has 3 aromatic rings. The standard InChI is InChI=1S/C26H30N2O2/c1-19(14-15-21-10-6-4-7-11-21)28-18-24(25-20(2)23(29-3)16-17-27-25)30-26(28)22-12-8-5-9-13-22/h4-13,16-17,19,24,26H,14-15,18H2,1-3H3. The molecule has 1 aliphatic heterocycles. The summed E-state index contributed by atoms with van der Waals surface area (Å²) in [6.07, 6.45) is 3.79. The second-order valence-corrected chi connectivity index (χ2v) is 7.98. The first-order valence-corrected chi connectivity index (χ1v) is 10.7. The smallest absolute Gasteiger partial charge is 0.138 e. The van der Waals surface area contributed by atoms with Crippen molar-refractivity contribution in [3.8, 4) is 5.75 Å². The zero-order valence-electron chi connectivity index (χ0n) is 18.0. The van der Waals surface area contributed by atoms with Gasteiger partial charge in [-0.25, -0.2) is 0 Å². The topological polar surface area (TPSA) is 34.6 Å². The third kappa shape index (κ3) is 4.40. The van der Waals surface area contributed by atoms with E-state index >= 15 is 0 Å². The first-order valence-electron chi connectivity index (χ1n) is 10.7. The van der Waals surface area contributed by atoms with Crippen LogP contribution in [0.4, 0.5) is 0 Å². The molecule has 0 saturated carbocycles. The van der Waals surface area contributed by atoms with Crippen LogP contribution in [0.1, 0.15) is 48.1 Å². The summed E-state index contributed by atoms with van der Waals surface area (Å²) in [6.45, 7) is 5.18. The van der Waals surface area contributed by atoms with Gasteiger partial charge < -0.3 is 9.47 Å². The monoisotopic (exact) mass is 402 g/mol. The van der Waals surface area contributed by atoms with Gasteiger partial charge in [0.25, 0.3) is 0 Å². The molecule has 3 atom stereocenters. The van der Waals surface area contributed by atoms with Crippen molar-refractivity contribution in [3.05, 3.63) is 95.3 Å². The predicted octanol–water partition coefficient (Wildman–Crippen LogP) is 5.49. The molecular weight excluding hydrogens is 372 g/mol. The maximum absolute atomic E-state index is 6.61. The van der Waals surface area contributed by atoms with E-state index < -0.39 is 0 Å². The summed E-state index contributed by atoms with van der Waals surface area (Å²) < 4.78 is 12.1. The Kier molecular flexibility index (Phi) is 6.46. The minimum atomic E-state index is -0.0792. The summed E-state index contributed by atoms with van der Waals surface area (Å²) in [5.74, 6) is 0.857. The Hall–Kier alpha value is -2.69. The fourth-order valence-corrected chi connectivity index (χ4v) is 4.28. The van der Waals surface area contributed by atoms with Gasteiger partial charge in [-0.15, -0.1) is 0 Å². The molecule has 0 bridgehead atoms. The fourth-order valence-electron chi connectivity index (χ4n) is 4.28. The van der Waals surface area contributed by atoms with Gasteiger partial charge in [-0.3, -0.25) is 9.88 Å². The van der Waals surface area contributed by atoms with Crippen molar-refractivity contribution in [2.24, 2.45) is 0 Å². The predicted molar refractivity (Wildman–Crippen MR) is 119 cm³/mol. The molecule has 0 radical (unpaired) electrons. The molecule has 1 aromatic heterocycles. The summed E-state index contributed by atoms with van der Waals surface area (Å²) in [7, 11) is 1.70. The molecule has 156 valence electrons. The van der Waals surface area contributed by atoms with E-state index in [9.17, 15) is 0 Å². The number of hydrogen-bond acceptors (Lipinski definition) is 4. The molecule has 30 heavy (non-hydrogen) atoms. The molecule has 0 aliphatic carbocycles. The van der Waals surface area contributed by atoms with E-state index in [0.717, 1.165) is 36.4 Å². The highest BCUT2D eigenvalue weighted by Crippen LogP contribution is 2.40. The number of aromatic nitrogens is 1. The summed E-state index contributed by atoms with van der Waals surface area (Å²) in [5, 5.41) is 0. The van der Waals surface area contributed by atoms with Crippen LogP contribution in [-0.2, 0) is 11.2 Å². The molecule has 4 nitrogen and oxygen atoms in total. The third-order valence-electron chi connectivity index (χ3n) is 6.03. The van der Waals surface area contributed by atoms with Gasteiger partial charge in [-0.1, -0.05) is 60.7 Å². The molecule has 1 aliphatic rings. The minimum absolute atomic E-state index is 0.0747. The van der Waals surface area contributed by atoms with Gasteiger partial charge in [0.2, 0.25) is 0 Å². The number of ether oxygens (including phenoxy) is 2. The lowest BCUT2D eigenvalue weighted by Gasteiger charge is -2.29. The van der Waals surface area contributed by atoms with Crippen molar-refractivity contribution in [2.75, 3.05) is 13.7 Å². The largest absolute Gasteiger partial charge is 0.496 e. The van der Waals surface area contributed by atoms with Crippen molar-refractivity contribution in [3.63, 3.8) is 0 Å². The minimum Gasteiger partial charge on any atom is -0.496 e. The molecule has 0 N–H and O–H groups in total. The van der Waals surface area contributed by atoms with Crippen molar-refractivity contribution < 1.29 is 9.47 Å². The number of hydrogen-bond donors (Lipinski definition) is 0. The molecule has 1 fully saturated rings. The normalized spacial score (nSPS) is 20.2. The van der Waals surface area contributed by atoms with Gasteiger partial charge in [0.15, 0.2) is 0 Å². The van der Waals surface area contributed by atoms with Crippen LogP contribution in [0.2, 0.25) is 0 Å². The zero-order chi connectivity index (χ0) is 20.9. The molecule has 4 rings (SSSR count). The average Bonchev–Trinajstić information content (AvgIpc) is 3.24. The summed E-state index contributed by atoms with van der Waals surface area (Å²) in [4.78, 5) is 7.13. The molecule has 4 heteroatoms. The van der Waals surface area contributed by atoms with E-state index in [0.29, 0.717) is 6.04 Å². The van der Waals surface area contributed by atoms with Gasteiger partial charge in [0.05, 0.1) is 12.8 Å². The van der Waals surface area contributed by atoms with Crippen molar-refractivity contribution in [1.29, 1.82) is 0 Å². The number of nitrogens with zero attached hydrogens (tertiary/aromatic N) is 2. The van der Waals surface area contributed by atoms with Crippen LogP contribution in [0.5, 0.6) is 5.75 Å². The van der Waals surface area contributed by atoms with Crippen LogP contribution in [0.3, 0.4) is 0 Å². The first-order chi connectivity index (χ1) is 14.7. The third-order valence-corrected chi connectivity index (χ3v) is 6.03. The van der Waals surface area contributed by atoms with E-state index in [2.05, 4.69) is 78.3 Å². The van der Waals surface area contributed by atoms with E-state index in [1.165, 1.54) is 11.1 Å². The van der Waals surface area contributed by atoms with Gasteiger partial charge in [-0.05, 0) is 43.9 Å². The Morgan fingerprint density at radius 2 is 1.77 bits per heavy atom. The highest BCUT2D eigenvalue weighted by molar-refractivity contribution is 5.36. The van der Waals surface area contributed by atoms with E-state index in [4.69, 9.17) is 9.47 Å². The zero-order valence-corrected chi connectivity index (χ0v) is 18.0. The Bertz CT molecular complexity index is 946. The number of methoxy groups -OCH3 is 1. The Labute approximate surface area is 179 Å². The molecular formula is C26H30N2O2.